The van der Waals surface area contributed by atoms with Gasteiger partial charge in [-0.2, -0.15) is 22.0 Å². The Bertz CT molecular complexity index is 232. The molecule has 0 aromatic heterocycles. The van der Waals surface area contributed by atoms with Crippen LogP contribution in [0.25, 0.3) is 0 Å². The number of hydrogen-bond acceptors (Lipinski definition) is 2. The fourth-order valence-electron chi connectivity index (χ4n) is 1.46. The van der Waals surface area contributed by atoms with E-state index >= 15 is 0 Å². The van der Waals surface area contributed by atoms with Crippen molar-refractivity contribution in [1.82, 2.24) is 0 Å². The number of alkyl halides is 6. The maximum atomic E-state index is 12.3. The van der Waals surface area contributed by atoms with Crippen molar-refractivity contribution >= 4 is 0 Å². The third-order valence-electron chi connectivity index (χ3n) is 2.42. The summed E-state index contributed by atoms with van der Waals surface area (Å²) in [6, 6.07) is 0. The van der Waals surface area contributed by atoms with Gasteiger partial charge in [0.1, 0.15) is 6.61 Å². The third-order valence-corrected chi connectivity index (χ3v) is 2.42. The van der Waals surface area contributed by atoms with E-state index in [0.29, 0.717) is 19.3 Å². The Morgan fingerprint density at radius 3 is 1.70 bits per heavy atom. The van der Waals surface area contributed by atoms with E-state index < -0.39 is 25.6 Å². The van der Waals surface area contributed by atoms with Crippen LogP contribution in [0.3, 0.4) is 0 Å². The van der Waals surface area contributed by atoms with Gasteiger partial charge in [0.25, 0.3) is 0 Å². The van der Waals surface area contributed by atoms with Crippen LogP contribution in [-0.2, 0) is 9.47 Å². The predicted octanol–water partition coefficient (Wildman–Crippen LogP) is 4.48. The second kappa shape index (κ2) is 10.3. The van der Waals surface area contributed by atoms with Crippen molar-refractivity contribution in [2.45, 2.75) is 50.8 Å². The first-order valence-electron chi connectivity index (χ1n) is 6.49. The lowest BCUT2D eigenvalue weighted by molar-refractivity contribution is -0.246. The molecule has 2 nitrogen and oxygen atoms in total. The van der Waals surface area contributed by atoms with Crippen LogP contribution in [0.4, 0.5) is 26.3 Å². The van der Waals surface area contributed by atoms with Gasteiger partial charge in [-0.05, 0) is 12.8 Å². The molecule has 0 heterocycles. The van der Waals surface area contributed by atoms with E-state index in [1.807, 2.05) is 0 Å². The van der Waals surface area contributed by atoms with Crippen molar-refractivity contribution in [2.24, 2.45) is 0 Å². The highest BCUT2D eigenvalue weighted by atomic mass is 19.4. The lowest BCUT2D eigenvalue weighted by atomic mass is 10.1. The van der Waals surface area contributed by atoms with E-state index in [1.165, 1.54) is 0 Å². The molecule has 0 atom stereocenters. The number of hydrogen-bond donors (Lipinski definition) is 0. The maximum Gasteiger partial charge on any atom is 0.411 e. The SMILES string of the molecule is FCC(F)(F)OCCCCCCCCOCC(F)(F)F. The van der Waals surface area contributed by atoms with Crippen LogP contribution in [0, 0.1) is 0 Å². The zero-order chi connectivity index (χ0) is 15.5. The zero-order valence-corrected chi connectivity index (χ0v) is 11.2. The summed E-state index contributed by atoms with van der Waals surface area (Å²) in [5.41, 5.74) is 0. The molecule has 0 aliphatic rings. The summed E-state index contributed by atoms with van der Waals surface area (Å²) < 4.78 is 79.8. The number of ether oxygens (including phenoxy) is 2. The Hall–Kier alpha value is -0.500. The van der Waals surface area contributed by atoms with Gasteiger partial charge in [-0.1, -0.05) is 25.7 Å². The van der Waals surface area contributed by atoms with E-state index in [0.717, 1.165) is 19.3 Å². The number of unbranched alkanes of at least 4 members (excludes halogenated alkanes) is 5. The standard InChI is InChI=1S/C12H20F6O2/c13-9-12(17,18)20-8-6-4-2-1-3-5-7-19-10-11(14,15)16/h1-10H2. The van der Waals surface area contributed by atoms with Crippen LogP contribution in [0.15, 0.2) is 0 Å². The van der Waals surface area contributed by atoms with Crippen LogP contribution in [0.2, 0.25) is 0 Å². The smallest absolute Gasteiger partial charge is 0.372 e. The fourth-order valence-corrected chi connectivity index (χ4v) is 1.46. The van der Waals surface area contributed by atoms with E-state index in [-0.39, 0.29) is 13.2 Å². The van der Waals surface area contributed by atoms with Crippen molar-refractivity contribution in [3.05, 3.63) is 0 Å². The lowest BCUT2D eigenvalue weighted by Gasteiger charge is -2.12. The van der Waals surface area contributed by atoms with Crippen LogP contribution in [0.5, 0.6) is 0 Å². The van der Waals surface area contributed by atoms with E-state index in [9.17, 15) is 26.3 Å². The molecule has 122 valence electrons. The van der Waals surface area contributed by atoms with Crippen molar-refractivity contribution in [2.75, 3.05) is 26.5 Å². The van der Waals surface area contributed by atoms with Gasteiger partial charge >= 0.3 is 12.3 Å². The molecule has 0 aliphatic heterocycles. The summed E-state index contributed by atoms with van der Waals surface area (Å²) in [6.07, 6.45) is -4.12. The summed E-state index contributed by atoms with van der Waals surface area (Å²) in [4.78, 5) is 0. The third kappa shape index (κ3) is 13.9. The molecule has 0 radical (unpaired) electrons. The first-order chi connectivity index (χ1) is 9.27. The van der Waals surface area contributed by atoms with Gasteiger partial charge < -0.3 is 9.47 Å². The summed E-state index contributed by atoms with van der Waals surface area (Å²) in [6.45, 7) is -3.20. The highest BCUT2D eigenvalue weighted by Crippen LogP contribution is 2.17. The highest BCUT2D eigenvalue weighted by Gasteiger charge is 2.29. The quantitative estimate of drug-likeness (QED) is 0.391. The number of halogens is 6. The first kappa shape index (κ1) is 19.5. The molecule has 8 heteroatoms. The molecule has 0 rings (SSSR count). The molecule has 0 unspecified atom stereocenters. The van der Waals surface area contributed by atoms with Crippen molar-refractivity contribution in [3.63, 3.8) is 0 Å². The van der Waals surface area contributed by atoms with Gasteiger partial charge in [-0.25, -0.2) is 4.39 Å². The molecule has 0 saturated heterocycles. The summed E-state index contributed by atoms with van der Waals surface area (Å²) in [5, 5.41) is 0. The highest BCUT2D eigenvalue weighted by molar-refractivity contribution is 4.50. The molecule has 0 aromatic rings. The van der Waals surface area contributed by atoms with E-state index in [2.05, 4.69) is 9.47 Å². The minimum absolute atomic E-state index is 0.0609. The normalized spacial score (nSPS) is 12.9. The average Bonchev–Trinajstić information content (AvgIpc) is 2.34. The van der Waals surface area contributed by atoms with Crippen molar-refractivity contribution in [3.8, 4) is 0 Å². The van der Waals surface area contributed by atoms with Gasteiger partial charge in [0.15, 0.2) is 6.67 Å². The molecule has 0 aliphatic carbocycles. The molecular weight excluding hydrogens is 290 g/mol. The molecule has 0 amide bonds. The largest absolute Gasteiger partial charge is 0.411 e. The zero-order valence-electron chi connectivity index (χ0n) is 11.2. The molecule has 0 aromatic carbocycles. The van der Waals surface area contributed by atoms with Crippen molar-refractivity contribution in [1.29, 1.82) is 0 Å². The van der Waals surface area contributed by atoms with Crippen molar-refractivity contribution < 1.29 is 35.8 Å². The molecule has 0 fully saturated rings. The molecule has 0 spiro atoms. The van der Waals surface area contributed by atoms with Crippen LogP contribution in [0.1, 0.15) is 38.5 Å². The average molecular weight is 310 g/mol. The molecule has 0 N–H and O–H groups in total. The van der Waals surface area contributed by atoms with Crippen LogP contribution >= 0.6 is 0 Å². The summed E-state index contributed by atoms with van der Waals surface area (Å²) in [7, 11) is 0. The van der Waals surface area contributed by atoms with Gasteiger partial charge in [-0.3, -0.25) is 0 Å². The van der Waals surface area contributed by atoms with Gasteiger partial charge in [0, 0.05) is 6.61 Å². The second-order valence-electron chi connectivity index (χ2n) is 4.41. The van der Waals surface area contributed by atoms with Crippen LogP contribution < -0.4 is 0 Å². The molecular formula is C12H20F6O2. The second-order valence-corrected chi connectivity index (χ2v) is 4.41. The van der Waals surface area contributed by atoms with Gasteiger partial charge in [0.05, 0.1) is 6.61 Å². The van der Waals surface area contributed by atoms with Gasteiger partial charge in [-0.15, -0.1) is 0 Å². The Labute approximate surface area is 114 Å². The Morgan fingerprint density at radius 1 is 0.700 bits per heavy atom. The first-order valence-corrected chi connectivity index (χ1v) is 6.49. The predicted molar refractivity (Wildman–Crippen MR) is 61.5 cm³/mol. The molecule has 20 heavy (non-hydrogen) atoms. The Kier molecular flexibility index (Phi) is 10.0. The lowest BCUT2D eigenvalue weighted by Crippen LogP contribution is -2.23. The number of rotatable bonds is 12. The minimum atomic E-state index is -4.29. The monoisotopic (exact) mass is 310 g/mol. The van der Waals surface area contributed by atoms with Crippen LogP contribution in [-0.4, -0.2) is 38.8 Å². The summed E-state index contributed by atoms with van der Waals surface area (Å²) in [5.74, 6) is 0. The van der Waals surface area contributed by atoms with E-state index in [1.54, 1.807) is 0 Å². The Balaban J connectivity index is 3.18. The van der Waals surface area contributed by atoms with Gasteiger partial charge in [0.2, 0.25) is 0 Å². The Morgan fingerprint density at radius 2 is 1.20 bits per heavy atom. The minimum Gasteiger partial charge on any atom is -0.372 e. The molecule has 0 saturated carbocycles. The fraction of sp³-hybridized carbons (Fsp3) is 1.00. The summed E-state index contributed by atoms with van der Waals surface area (Å²) >= 11 is 0. The molecule has 0 bridgehead atoms. The maximum absolute atomic E-state index is 12.3. The van der Waals surface area contributed by atoms with E-state index in [4.69, 9.17) is 0 Å². The topological polar surface area (TPSA) is 18.5 Å².